The second-order valence-corrected chi connectivity index (χ2v) is 11.0. The first-order valence-electron chi connectivity index (χ1n) is 12.9. The van der Waals surface area contributed by atoms with E-state index in [0.29, 0.717) is 0 Å². The molecule has 0 fully saturated rings. The normalized spacial score (nSPS) is 10.8. The molecule has 0 aromatic rings. The van der Waals surface area contributed by atoms with Crippen LogP contribution in [-0.4, -0.2) is 23.2 Å². The monoisotopic (exact) mass is 430 g/mol. The third-order valence-corrected chi connectivity index (χ3v) is 7.96. The van der Waals surface area contributed by atoms with Crippen LogP contribution in [0.3, 0.4) is 0 Å². The number of carbonyl (C=O) groups is 1. The highest BCUT2D eigenvalue weighted by molar-refractivity contribution is 7.96. The molecule has 0 aliphatic rings. The molecule has 0 heterocycles. The van der Waals surface area contributed by atoms with Crippen LogP contribution in [0, 0.1) is 0 Å². The molecule has 176 valence electrons. The third-order valence-electron chi connectivity index (χ3n) is 5.36. The van der Waals surface area contributed by atoms with Gasteiger partial charge in [-0.05, 0) is 56.3 Å². The summed E-state index contributed by atoms with van der Waals surface area (Å²) >= 11 is 0. The second kappa shape index (κ2) is 27.8. The van der Waals surface area contributed by atoms with E-state index in [2.05, 4.69) is 20.8 Å². The first-order chi connectivity index (χ1) is 14.1. The summed E-state index contributed by atoms with van der Waals surface area (Å²) in [5.41, 5.74) is 0. The predicted octanol–water partition coefficient (Wildman–Crippen LogP) is 7.44. The van der Waals surface area contributed by atoms with Crippen molar-refractivity contribution in [3.8, 4) is 0 Å². The van der Waals surface area contributed by atoms with Crippen molar-refractivity contribution in [1.82, 2.24) is 0 Å². The van der Waals surface area contributed by atoms with Crippen LogP contribution in [0.1, 0.15) is 143 Å². The molecule has 0 bridgehead atoms. The van der Waals surface area contributed by atoms with Gasteiger partial charge in [-0.1, -0.05) is 97.8 Å². The van der Waals surface area contributed by atoms with E-state index in [-0.39, 0.29) is 0 Å². The first kappa shape index (κ1) is 31.0. The van der Waals surface area contributed by atoms with E-state index in [1.165, 1.54) is 116 Å². The van der Waals surface area contributed by atoms with Crippen molar-refractivity contribution >= 4 is 16.9 Å². The van der Waals surface area contributed by atoms with Gasteiger partial charge in [0.15, 0.2) is 0 Å². The van der Waals surface area contributed by atoms with E-state index in [1.807, 2.05) is 0 Å². The molecule has 0 aromatic heterocycles. The number of hydrogen-bond donors (Lipinski definition) is 0. The van der Waals surface area contributed by atoms with Crippen molar-refractivity contribution in [2.24, 2.45) is 0 Å². The van der Waals surface area contributed by atoms with Crippen LogP contribution >= 0.6 is 0 Å². The molecular weight excluding hydrogens is 376 g/mol. The lowest BCUT2D eigenvalue weighted by molar-refractivity contribution is -0.302. The number of carboxylic acid groups (broad SMARTS) is 1. The molecular formula is C26H54O2S. The van der Waals surface area contributed by atoms with Gasteiger partial charge in [-0.15, -0.1) is 0 Å². The molecule has 29 heavy (non-hydrogen) atoms. The summed E-state index contributed by atoms with van der Waals surface area (Å²) in [7, 11) is 0.754. The van der Waals surface area contributed by atoms with Gasteiger partial charge in [0, 0.05) is 5.97 Å². The van der Waals surface area contributed by atoms with Gasteiger partial charge in [-0.25, -0.2) is 0 Å². The summed E-state index contributed by atoms with van der Waals surface area (Å²) in [6.45, 7) is 7.93. The molecule has 0 saturated carbocycles. The topological polar surface area (TPSA) is 40.1 Å². The fraction of sp³-hybridized carbons (Fsp3) is 0.962. The predicted molar refractivity (Wildman–Crippen MR) is 133 cm³/mol. The van der Waals surface area contributed by atoms with Crippen molar-refractivity contribution in [3.63, 3.8) is 0 Å². The summed E-state index contributed by atoms with van der Waals surface area (Å²) < 4.78 is 0. The molecule has 0 rings (SSSR count). The van der Waals surface area contributed by atoms with Crippen LogP contribution in [0.2, 0.25) is 0 Å². The highest BCUT2D eigenvalue weighted by atomic mass is 32.2. The number of carbonyl (C=O) groups excluding carboxylic acids is 1. The van der Waals surface area contributed by atoms with Gasteiger partial charge >= 0.3 is 0 Å². The summed E-state index contributed by atoms with van der Waals surface area (Å²) in [6, 6.07) is 0. The Kier molecular flexibility index (Phi) is 29.7. The second-order valence-electron chi connectivity index (χ2n) is 8.52. The lowest BCUT2D eigenvalue weighted by Crippen LogP contribution is -2.17. The van der Waals surface area contributed by atoms with Gasteiger partial charge in [0.25, 0.3) is 0 Å². The molecule has 0 radical (unpaired) electrons. The summed E-state index contributed by atoms with van der Waals surface area (Å²) in [5, 5.41) is 8.89. The number of carboxylic acids is 1. The maximum Gasteiger partial charge on any atom is 0.108 e. The van der Waals surface area contributed by atoms with Crippen molar-refractivity contribution in [3.05, 3.63) is 0 Å². The average molecular weight is 431 g/mol. The minimum absolute atomic E-state index is 0.754. The number of unbranched alkanes of at least 4 members (excludes halogenated alkanes) is 15. The molecule has 0 spiro atoms. The lowest BCUT2D eigenvalue weighted by Gasteiger charge is -2.10. The van der Waals surface area contributed by atoms with Gasteiger partial charge in [0.2, 0.25) is 0 Å². The Hall–Kier alpha value is -0.180. The Balaban J connectivity index is 0. The summed E-state index contributed by atoms with van der Waals surface area (Å²) in [5.74, 6) is 3.57. The average Bonchev–Trinajstić information content (AvgIpc) is 2.68. The maximum absolute atomic E-state index is 8.89. The molecule has 2 nitrogen and oxygen atoms in total. The van der Waals surface area contributed by atoms with E-state index < -0.39 is 5.97 Å². The van der Waals surface area contributed by atoms with E-state index in [9.17, 15) is 0 Å². The van der Waals surface area contributed by atoms with Gasteiger partial charge in [-0.3, -0.25) is 0 Å². The maximum atomic E-state index is 8.89. The minimum Gasteiger partial charge on any atom is -0.550 e. The van der Waals surface area contributed by atoms with Crippen LogP contribution in [-0.2, 0) is 15.7 Å². The Bertz CT molecular complexity index is 265. The number of aliphatic carboxylic acids is 1. The molecule has 0 amide bonds. The Morgan fingerprint density at radius 2 is 0.724 bits per heavy atom. The van der Waals surface area contributed by atoms with E-state index in [4.69, 9.17) is 9.90 Å². The molecule has 0 N–H and O–H groups in total. The number of rotatable bonds is 21. The van der Waals surface area contributed by atoms with Crippen LogP contribution in [0.15, 0.2) is 0 Å². The van der Waals surface area contributed by atoms with Crippen molar-refractivity contribution in [2.75, 3.05) is 17.3 Å². The molecule has 3 heteroatoms. The quantitative estimate of drug-likeness (QED) is 0.140. The Labute approximate surface area is 187 Å². The van der Waals surface area contributed by atoms with Gasteiger partial charge in [0.1, 0.15) is 17.3 Å². The smallest absolute Gasteiger partial charge is 0.108 e. The molecule has 0 aliphatic carbocycles. The zero-order chi connectivity index (χ0) is 22.0. The molecule has 0 aliphatic heterocycles. The standard InChI is InChI=1S/C24H51S.C2H4O2/c1-4-7-10-13-16-19-22-25(23-20-17-14-11-8-5-2)24-21-18-15-12-9-6-3;1-2(3)4/h4-24H2,1-3H3;1H3,(H,3,4)/q+1;/p-1. The van der Waals surface area contributed by atoms with Crippen LogP contribution in [0.4, 0.5) is 0 Å². The van der Waals surface area contributed by atoms with E-state index in [1.54, 1.807) is 17.3 Å². The fourth-order valence-corrected chi connectivity index (χ4v) is 6.02. The van der Waals surface area contributed by atoms with Crippen LogP contribution in [0.5, 0.6) is 0 Å². The lowest BCUT2D eigenvalue weighted by atomic mass is 10.1. The third kappa shape index (κ3) is 32.7. The number of hydrogen-bond acceptors (Lipinski definition) is 2. The molecule has 0 saturated heterocycles. The molecule has 0 aromatic carbocycles. The van der Waals surface area contributed by atoms with E-state index >= 15 is 0 Å². The summed E-state index contributed by atoms with van der Waals surface area (Å²) in [6.07, 6.45) is 26.4. The van der Waals surface area contributed by atoms with Crippen molar-refractivity contribution < 1.29 is 9.90 Å². The summed E-state index contributed by atoms with van der Waals surface area (Å²) in [4.78, 5) is 8.89. The largest absolute Gasteiger partial charge is 0.550 e. The van der Waals surface area contributed by atoms with Gasteiger partial charge < -0.3 is 9.90 Å². The Morgan fingerprint density at radius 1 is 0.517 bits per heavy atom. The minimum atomic E-state index is -1.08. The molecule has 0 atom stereocenters. The Morgan fingerprint density at radius 3 is 0.966 bits per heavy atom. The highest BCUT2D eigenvalue weighted by Gasteiger charge is 2.16. The highest BCUT2D eigenvalue weighted by Crippen LogP contribution is 2.14. The van der Waals surface area contributed by atoms with Crippen molar-refractivity contribution in [2.45, 2.75) is 143 Å². The zero-order valence-corrected chi connectivity index (χ0v) is 21.4. The van der Waals surface area contributed by atoms with Crippen molar-refractivity contribution in [1.29, 1.82) is 0 Å². The van der Waals surface area contributed by atoms with Crippen LogP contribution < -0.4 is 5.11 Å². The van der Waals surface area contributed by atoms with Gasteiger partial charge in [0.05, 0.1) is 0 Å². The first-order valence-corrected chi connectivity index (χ1v) is 14.6. The fourth-order valence-electron chi connectivity index (χ4n) is 3.57. The SMILES string of the molecule is CC(=O)[O-].CCCCCCCC[S+](CCCCCCCC)CCCCCCCC. The van der Waals surface area contributed by atoms with Gasteiger partial charge in [-0.2, -0.15) is 0 Å². The van der Waals surface area contributed by atoms with Crippen LogP contribution in [0.25, 0.3) is 0 Å². The molecule has 0 unspecified atom stereocenters. The van der Waals surface area contributed by atoms with E-state index in [0.717, 1.165) is 17.8 Å². The zero-order valence-electron chi connectivity index (χ0n) is 20.6.